The van der Waals surface area contributed by atoms with Gasteiger partial charge in [0.05, 0.1) is 25.2 Å². The highest BCUT2D eigenvalue weighted by Crippen LogP contribution is 2.43. The lowest BCUT2D eigenvalue weighted by molar-refractivity contribution is -0.168. The van der Waals surface area contributed by atoms with Gasteiger partial charge in [0.25, 0.3) is 0 Å². The molecule has 2 aromatic carbocycles. The van der Waals surface area contributed by atoms with Crippen LogP contribution in [-0.4, -0.2) is 58.5 Å². The summed E-state index contributed by atoms with van der Waals surface area (Å²) in [6, 6.07) is 18.0. The molecule has 1 saturated carbocycles. The first-order valence-corrected chi connectivity index (χ1v) is 12.5. The maximum Gasteiger partial charge on any atom is 0.242 e. The zero-order chi connectivity index (χ0) is 23.5. The van der Waals surface area contributed by atoms with Crippen molar-refractivity contribution in [1.29, 1.82) is 0 Å². The van der Waals surface area contributed by atoms with Crippen LogP contribution in [0.15, 0.2) is 54.6 Å². The summed E-state index contributed by atoms with van der Waals surface area (Å²) in [5.41, 5.74) is 3.24. The van der Waals surface area contributed by atoms with Gasteiger partial charge >= 0.3 is 0 Å². The van der Waals surface area contributed by atoms with E-state index in [0.29, 0.717) is 13.0 Å². The lowest BCUT2D eigenvalue weighted by Gasteiger charge is -2.59. The number of fused-ring (bicyclic) bond motifs is 1. The van der Waals surface area contributed by atoms with Crippen LogP contribution in [0.1, 0.15) is 54.7 Å². The molecule has 5 heteroatoms. The van der Waals surface area contributed by atoms with Crippen molar-refractivity contribution in [3.63, 3.8) is 0 Å². The number of aliphatic hydroxyl groups excluding tert-OH is 1. The van der Waals surface area contributed by atoms with E-state index in [1.807, 2.05) is 35.2 Å². The van der Waals surface area contributed by atoms with Crippen molar-refractivity contribution in [3.8, 4) is 11.8 Å². The van der Waals surface area contributed by atoms with Crippen LogP contribution in [0.4, 0.5) is 0 Å². The van der Waals surface area contributed by atoms with Crippen LogP contribution >= 0.6 is 0 Å². The molecular weight excluding hydrogens is 424 g/mol. The minimum atomic E-state index is -0.223. The van der Waals surface area contributed by atoms with Crippen molar-refractivity contribution < 1.29 is 14.7 Å². The van der Waals surface area contributed by atoms with E-state index in [0.717, 1.165) is 36.8 Å². The van der Waals surface area contributed by atoms with Crippen molar-refractivity contribution >= 4 is 11.8 Å². The van der Waals surface area contributed by atoms with E-state index in [-0.39, 0.29) is 48.9 Å². The summed E-state index contributed by atoms with van der Waals surface area (Å²) in [5, 5.41) is 10.0. The highest BCUT2D eigenvalue weighted by atomic mass is 16.3. The summed E-state index contributed by atoms with van der Waals surface area (Å²) < 4.78 is 0. The molecule has 3 atom stereocenters. The third-order valence-electron chi connectivity index (χ3n) is 7.68. The molecule has 0 aromatic heterocycles. The van der Waals surface area contributed by atoms with Crippen LogP contribution in [0, 0.1) is 17.8 Å². The average molecular weight is 457 g/mol. The second-order valence-electron chi connectivity index (χ2n) is 9.78. The number of piperazine rings is 1. The molecule has 5 nitrogen and oxygen atoms in total. The standard InChI is InChI=1S/C29H32N2O3/c32-20-26-28(23-16-14-22(15-17-23)11-7-10-21-8-3-1-4-9-21)25-18-30(19-27(33)31(25)26)29(34)24-12-5-2-6-13-24/h1,3-4,8-9,14-17,24-26,28,32H,2,5-6,10,12-13,18-20H2/t25-,26-,28+/m0/s1. The Morgan fingerprint density at radius 2 is 1.74 bits per heavy atom. The zero-order valence-corrected chi connectivity index (χ0v) is 19.5. The van der Waals surface area contributed by atoms with Gasteiger partial charge in [-0.2, -0.15) is 0 Å². The number of amides is 2. The molecule has 2 aromatic rings. The Labute approximate surface area is 201 Å². The summed E-state index contributed by atoms with van der Waals surface area (Å²) in [5.74, 6) is 6.65. The zero-order valence-electron chi connectivity index (χ0n) is 19.5. The number of hydrogen-bond donors (Lipinski definition) is 1. The summed E-state index contributed by atoms with van der Waals surface area (Å²) >= 11 is 0. The Balaban J connectivity index is 1.28. The number of nitrogens with zero attached hydrogens (tertiary/aromatic N) is 2. The first-order valence-electron chi connectivity index (χ1n) is 12.5. The quantitative estimate of drug-likeness (QED) is 0.718. The van der Waals surface area contributed by atoms with Gasteiger partial charge in [0.1, 0.15) is 0 Å². The van der Waals surface area contributed by atoms with Crippen molar-refractivity contribution in [2.75, 3.05) is 19.7 Å². The SMILES string of the molecule is O=C(C1CCCCC1)N1CC(=O)N2[C@@H](CO)[C@H](c3ccc(C#CCc4ccccc4)cc3)[C@@H]2C1. The molecule has 2 aliphatic heterocycles. The molecule has 0 spiro atoms. The van der Waals surface area contributed by atoms with Gasteiger partial charge < -0.3 is 14.9 Å². The molecule has 1 aliphatic carbocycles. The van der Waals surface area contributed by atoms with Gasteiger partial charge in [-0.05, 0) is 36.1 Å². The van der Waals surface area contributed by atoms with E-state index in [1.165, 1.54) is 12.0 Å². The topological polar surface area (TPSA) is 60.9 Å². The van der Waals surface area contributed by atoms with E-state index in [2.05, 4.69) is 36.1 Å². The van der Waals surface area contributed by atoms with E-state index < -0.39 is 0 Å². The Kier molecular flexibility index (Phi) is 6.69. The van der Waals surface area contributed by atoms with Gasteiger partial charge in [0, 0.05) is 30.4 Å². The molecular formula is C29H32N2O3. The number of hydrogen-bond acceptors (Lipinski definition) is 3. The van der Waals surface area contributed by atoms with Crippen LogP contribution in [-0.2, 0) is 16.0 Å². The molecule has 0 bridgehead atoms. The molecule has 1 N–H and O–H groups in total. The van der Waals surface area contributed by atoms with E-state index >= 15 is 0 Å². The minimum Gasteiger partial charge on any atom is -0.394 e. The predicted octanol–water partition coefficient (Wildman–Crippen LogP) is 3.36. The molecule has 2 saturated heterocycles. The van der Waals surface area contributed by atoms with Crippen LogP contribution in [0.2, 0.25) is 0 Å². The largest absolute Gasteiger partial charge is 0.394 e. The maximum atomic E-state index is 13.1. The van der Waals surface area contributed by atoms with Gasteiger partial charge in [-0.1, -0.05) is 73.6 Å². The summed E-state index contributed by atoms with van der Waals surface area (Å²) in [6.45, 7) is 0.633. The number of carbonyl (C=O) groups excluding carboxylic acids is 2. The summed E-state index contributed by atoms with van der Waals surface area (Å²) in [7, 11) is 0. The number of aliphatic hydroxyl groups is 1. The van der Waals surface area contributed by atoms with Gasteiger partial charge in [-0.25, -0.2) is 0 Å². The van der Waals surface area contributed by atoms with Crippen molar-refractivity contribution in [1.82, 2.24) is 9.80 Å². The minimum absolute atomic E-state index is 0.0298. The highest BCUT2D eigenvalue weighted by molar-refractivity contribution is 5.88. The van der Waals surface area contributed by atoms with E-state index in [9.17, 15) is 14.7 Å². The molecule has 3 aliphatic rings. The first kappa shape index (κ1) is 22.7. The van der Waals surface area contributed by atoms with Gasteiger partial charge in [-0.15, -0.1) is 0 Å². The molecule has 5 rings (SSSR count). The molecule has 3 fully saturated rings. The second-order valence-corrected chi connectivity index (χ2v) is 9.78. The van der Waals surface area contributed by atoms with Gasteiger partial charge in [0.15, 0.2) is 0 Å². The molecule has 2 heterocycles. The lowest BCUT2D eigenvalue weighted by Crippen LogP contribution is -2.73. The highest BCUT2D eigenvalue weighted by Gasteiger charge is 2.54. The Morgan fingerprint density at radius 3 is 2.44 bits per heavy atom. The monoisotopic (exact) mass is 456 g/mol. The first-order chi connectivity index (χ1) is 16.7. The molecule has 2 amide bonds. The Morgan fingerprint density at radius 1 is 1.00 bits per heavy atom. The van der Waals surface area contributed by atoms with Crippen LogP contribution < -0.4 is 0 Å². The summed E-state index contributed by atoms with van der Waals surface area (Å²) in [6.07, 6.45) is 5.99. The number of carbonyl (C=O) groups is 2. The van der Waals surface area contributed by atoms with Gasteiger partial charge in [0.2, 0.25) is 11.8 Å². The van der Waals surface area contributed by atoms with E-state index in [4.69, 9.17) is 0 Å². The lowest BCUT2D eigenvalue weighted by atomic mass is 9.73. The van der Waals surface area contributed by atoms with Crippen LogP contribution in [0.3, 0.4) is 0 Å². The maximum absolute atomic E-state index is 13.1. The van der Waals surface area contributed by atoms with Crippen molar-refractivity contribution in [2.45, 2.75) is 56.5 Å². The predicted molar refractivity (Wildman–Crippen MR) is 131 cm³/mol. The fourth-order valence-electron chi connectivity index (χ4n) is 5.91. The summed E-state index contributed by atoms with van der Waals surface area (Å²) in [4.78, 5) is 29.6. The van der Waals surface area contributed by atoms with Crippen LogP contribution in [0.25, 0.3) is 0 Å². The Bertz CT molecular complexity index is 1080. The van der Waals surface area contributed by atoms with E-state index in [1.54, 1.807) is 4.90 Å². The average Bonchev–Trinajstić information content (AvgIpc) is 2.87. The number of benzene rings is 2. The van der Waals surface area contributed by atoms with Crippen LogP contribution in [0.5, 0.6) is 0 Å². The van der Waals surface area contributed by atoms with Gasteiger partial charge in [-0.3, -0.25) is 9.59 Å². The molecule has 34 heavy (non-hydrogen) atoms. The third-order valence-corrected chi connectivity index (χ3v) is 7.68. The van der Waals surface area contributed by atoms with Crippen molar-refractivity contribution in [3.05, 3.63) is 71.3 Å². The smallest absolute Gasteiger partial charge is 0.242 e. The number of rotatable bonds is 4. The molecule has 0 radical (unpaired) electrons. The third kappa shape index (κ3) is 4.48. The second kappa shape index (κ2) is 10.0. The normalized spacial score (nSPS) is 24.6. The fraction of sp³-hybridized carbons (Fsp3) is 0.448. The fourth-order valence-corrected chi connectivity index (χ4v) is 5.91. The molecule has 0 unspecified atom stereocenters. The van der Waals surface area contributed by atoms with Crippen molar-refractivity contribution in [2.24, 2.45) is 5.92 Å². The molecule has 176 valence electrons. The Hall–Kier alpha value is -3.10.